The van der Waals surface area contributed by atoms with Gasteiger partial charge in [0, 0.05) is 0 Å². The van der Waals surface area contributed by atoms with Crippen LogP contribution in [0.5, 0.6) is 0 Å². The highest BCUT2D eigenvalue weighted by Crippen LogP contribution is 2.26. The van der Waals surface area contributed by atoms with Crippen LogP contribution in [-0.2, 0) is 27.5 Å². The maximum atomic E-state index is 10.9. The first-order valence-corrected chi connectivity index (χ1v) is 12.9. The Hall–Kier alpha value is -2.87. The molecule has 0 heterocycles. The van der Waals surface area contributed by atoms with E-state index < -0.39 is 0 Å². The molecular weight excluding hydrogens is 438 g/mol. The Balaban J connectivity index is 0.000000273. The van der Waals surface area contributed by atoms with Crippen molar-refractivity contribution in [3.05, 3.63) is 106 Å². The quantitative estimate of drug-likeness (QED) is 0.386. The Morgan fingerprint density at radius 3 is 1.56 bits per heavy atom. The van der Waals surface area contributed by atoms with Gasteiger partial charge in [-0.25, -0.2) is 0 Å². The first-order chi connectivity index (χ1) is 16.4. The van der Waals surface area contributed by atoms with Crippen molar-refractivity contribution in [3.63, 3.8) is 0 Å². The van der Waals surface area contributed by atoms with Gasteiger partial charge >= 0.3 is 0 Å². The molecule has 0 aliphatic carbocycles. The van der Waals surface area contributed by atoms with Crippen LogP contribution in [0, 0.1) is 13.8 Å². The Morgan fingerprint density at radius 2 is 1.14 bits per heavy atom. The molecule has 0 radical (unpaired) electrons. The lowest BCUT2D eigenvalue weighted by atomic mass is 9.83. The zero-order valence-electron chi connectivity index (χ0n) is 24.6. The largest absolute Gasteiger partial charge is 0.369 e. The van der Waals surface area contributed by atoms with Crippen molar-refractivity contribution in [2.75, 3.05) is 0 Å². The van der Waals surface area contributed by atoms with Gasteiger partial charge < -0.3 is 5.73 Å². The molecule has 1 amide bonds. The lowest BCUT2D eigenvalue weighted by Crippen LogP contribution is -2.19. The molecule has 0 spiro atoms. The minimum atomic E-state index is -0.276. The number of rotatable bonds is 2. The summed E-state index contributed by atoms with van der Waals surface area (Å²) in [7, 11) is 0. The summed E-state index contributed by atoms with van der Waals surface area (Å²) < 4.78 is 0. The smallest absolute Gasteiger partial charge is 0.221 e. The molecular formula is C34H49NO. The molecule has 0 atom stereocenters. The highest BCUT2D eigenvalue weighted by molar-refractivity contribution is 5.77. The van der Waals surface area contributed by atoms with Gasteiger partial charge in [-0.05, 0) is 52.3 Å². The predicted molar refractivity (Wildman–Crippen MR) is 158 cm³/mol. The van der Waals surface area contributed by atoms with Crippen molar-refractivity contribution in [3.8, 4) is 0 Å². The lowest BCUT2D eigenvalue weighted by molar-refractivity contribution is -0.117. The van der Waals surface area contributed by atoms with Gasteiger partial charge in [0.15, 0.2) is 0 Å². The van der Waals surface area contributed by atoms with E-state index in [2.05, 4.69) is 131 Å². The van der Waals surface area contributed by atoms with Crippen LogP contribution in [-0.4, -0.2) is 5.91 Å². The monoisotopic (exact) mass is 487 g/mol. The average molecular weight is 488 g/mol. The van der Waals surface area contributed by atoms with Crippen molar-refractivity contribution in [1.29, 1.82) is 0 Å². The SMILES string of the molecule is CC(C)(C)c1ccccc1CC(N)=O.Cc1ccc(C(C)(C)C)cc1.Cc1cccc(C(C)(C)C)c1. The number of carbonyl (C=O) groups excluding carboxylic acids is 1. The second-order valence-electron chi connectivity index (χ2n) is 12.8. The van der Waals surface area contributed by atoms with E-state index >= 15 is 0 Å². The minimum Gasteiger partial charge on any atom is -0.369 e. The van der Waals surface area contributed by atoms with Crippen LogP contribution >= 0.6 is 0 Å². The molecule has 2 nitrogen and oxygen atoms in total. The Bertz CT molecular complexity index is 1090. The Morgan fingerprint density at radius 1 is 0.611 bits per heavy atom. The van der Waals surface area contributed by atoms with E-state index in [1.165, 1.54) is 27.8 Å². The molecule has 2 heteroatoms. The number of primary amides is 1. The number of nitrogens with two attached hydrogens (primary N) is 1. The maximum absolute atomic E-state index is 10.9. The molecule has 0 aromatic heterocycles. The van der Waals surface area contributed by atoms with E-state index in [1.54, 1.807) is 0 Å². The standard InChI is InChI=1S/C12H17NO.2C11H16/c1-12(2,3)10-7-5-4-6-9(10)8-11(13)14;1-9-5-7-10(8-6-9)11(2,3)4;1-9-6-5-7-10(8-9)11(2,3)4/h4-7H,8H2,1-3H3,(H2,13,14);2*5-8H,1-4H3. The van der Waals surface area contributed by atoms with Crippen LogP contribution in [0.2, 0.25) is 0 Å². The summed E-state index contributed by atoms with van der Waals surface area (Å²) in [6, 6.07) is 25.4. The van der Waals surface area contributed by atoms with Gasteiger partial charge in [0.2, 0.25) is 5.91 Å². The van der Waals surface area contributed by atoms with Gasteiger partial charge in [-0.2, -0.15) is 0 Å². The normalized spacial score (nSPS) is 11.5. The van der Waals surface area contributed by atoms with Gasteiger partial charge in [0.25, 0.3) is 0 Å². The van der Waals surface area contributed by atoms with Gasteiger partial charge in [-0.3, -0.25) is 4.79 Å². The summed E-state index contributed by atoms with van der Waals surface area (Å²) in [5, 5.41) is 0. The van der Waals surface area contributed by atoms with E-state index in [1.807, 2.05) is 18.2 Å². The Kier molecular flexibility index (Phi) is 11.2. The molecule has 0 bridgehead atoms. The van der Waals surface area contributed by atoms with Crippen molar-refractivity contribution < 1.29 is 4.79 Å². The number of carbonyl (C=O) groups is 1. The fourth-order valence-electron chi connectivity index (χ4n) is 3.76. The summed E-state index contributed by atoms with van der Waals surface area (Å²) in [6.45, 7) is 24.1. The van der Waals surface area contributed by atoms with Gasteiger partial charge in [-0.15, -0.1) is 0 Å². The summed E-state index contributed by atoms with van der Waals surface area (Å²) in [4.78, 5) is 10.9. The average Bonchev–Trinajstić information content (AvgIpc) is 2.73. The first kappa shape index (κ1) is 31.2. The summed E-state index contributed by atoms with van der Waals surface area (Å²) >= 11 is 0. The van der Waals surface area contributed by atoms with E-state index in [4.69, 9.17) is 5.73 Å². The van der Waals surface area contributed by atoms with Crippen LogP contribution in [0.3, 0.4) is 0 Å². The number of amides is 1. The molecule has 0 fully saturated rings. The molecule has 3 rings (SSSR count). The van der Waals surface area contributed by atoms with Gasteiger partial charge in [0.05, 0.1) is 6.42 Å². The molecule has 3 aromatic rings. The molecule has 36 heavy (non-hydrogen) atoms. The summed E-state index contributed by atoms with van der Waals surface area (Å²) in [6.07, 6.45) is 0.327. The highest BCUT2D eigenvalue weighted by atomic mass is 16.1. The van der Waals surface area contributed by atoms with Crippen LogP contribution in [0.1, 0.15) is 95.7 Å². The molecule has 2 N–H and O–H groups in total. The minimum absolute atomic E-state index is 0.0616. The number of aryl methyl sites for hydroxylation is 2. The predicted octanol–water partition coefficient (Wildman–Crippen LogP) is 8.60. The second-order valence-corrected chi connectivity index (χ2v) is 12.8. The zero-order chi connectivity index (χ0) is 27.7. The van der Waals surface area contributed by atoms with Crippen molar-refractivity contribution in [2.24, 2.45) is 5.73 Å². The maximum Gasteiger partial charge on any atom is 0.221 e. The van der Waals surface area contributed by atoms with E-state index in [0.29, 0.717) is 6.42 Å². The molecule has 0 saturated carbocycles. The van der Waals surface area contributed by atoms with Gasteiger partial charge in [0.1, 0.15) is 0 Å². The van der Waals surface area contributed by atoms with Gasteiger partial charge in [-0.1, -0.05) is 146 Å². The highest BCUT2D eigenvalue weighted by Gasteiger charge is 2.17. The third-order valence-corrected chi connectivity index (χ3v) is 5.99. The molecule has 3 aromatic carbocycles. The van der Waals surface area contributed by atoms with Crippen molar-refractivity contribution >= 4 is 5.91 Å². The first-order valence-electron chi connectivity index (χ1n) is 12.9. The lowest BCUT2D eigenvalue weighted by Gasteiger charge is -2.22. The van der Waals surface area contributed by atoms with E-state index in [9.17, 15) is 4.79 Å². The van der Waals surface area contributed by atoms with Crippen molar-refractivity contribution in [2.45, 2.75) is 98.8 Å². The third-order valence-electron chi connectivity index (χ3n) is 5.99. The molecule has 0 saturated heterocycles. The number of hydrogen-bond donors (Lipinski definition) is 1. The molecule has 0 unspecified atom stereocenters. The van der Waals surface area contributed by atoms with Crippen LogP contribution in [0.15, 0.2) is 72.8 Å². The third kappa shape index (κ3) is 11.2. The van der Waals surface area contributed by atoms with Crippen LogP contribution in [0.25, 0.3) is 0 Å². The second kappa shape index (κ2) is 12.9. The molecule has 0 aliphatic rings. The fraction of sp³-hybridized carbons (Fsp3) is 0.441. The van der Waals surface area contributed by atoms with Crippen LogP contribution in [0.4, 0.5) is 0 Å². The van der Waals surface area contributed by atoms with E-state index in [0.717, 1.165) is 5.56 Å². The molecule has 196 valence electrons. The zero-order valence-corrected chi connectivity index (χ0v) is 24.6. The Labute approximate surface area is 221 Å². The number of benzene rings is 3. The topological polar surface area (TPSA) is 43.1 Å². The summed E-state index contributed by atoms with van der Waals surface area (Å²) in [5.74, 6) is -0.276. The number of hydrogen-bond acceptors (Lipinski definition) is 1. The summed E-state index contributed by atoms with van der Waals surface area (Å²) in [5.41, 5.74) is 13.6. The molecule has 0 aliphatic heterocycles. The van der Waals surface area contributed by atoms with Crippen molar-refractivity contribution in [1.82, 2.24) is 0 Å². The fourth-order valence-corrected chi connectivity index (χ4v) is 3.76. The van der Waals surface area contributed by atoms with Crippen LogP contribution < -0.4 is 5.73 Å². The van der Waals surface area contributed by atoms with E-state index in [-0.39, 0.29) is 22.2 Å².